The maximum atomic E-state index is 12.2. The van der Waals surface area contributed by atoms with E-state index in [0.717, 1.165) is 25.1 Å². The third-order valence-electron chi connectivity index (χ3n) is 3.58. The molecule has 1 aliphatic heterocycles. The standard InChI is InChI=1S/C17H18N2O3/c20-17(6-5-14-4-2-12-21-14)19-11-1-3-16(13-19)22-15-7-9-18-10-8-15/h2,4-10,12,16H,1,3,11,13H2/b6-5+/t16-/m1/s1. The summed E-state index contributed by atoms with van der Waals surface area (Å²) < 4.78 is 11.1. The van der Waals surface area contributed by atoms with Crippen LogP contribution in [0.4, 0.5) is 0 Å². The molecule has 3 heterocycles. The lowest BCUT2D eigenvalue weighted by molar-refractivity contribution is -0.128. The highest BCUT2D eigenvalue weighted by atomic mass is 16.5. The molecular weight excluding hydrogens is 280 g/mol. The third kappa shape index (κ3) is 3.75. The zero-order valence-corrected chi connectivity index (χ0v) is 12.2. The van der Waals surface area contributed by atoms with E-state index in [1.54, 1.807) is 36.9 Å². The van der Waals surface area contributed by atoms with Crippen molar-refractivity contribution < 1.29 is 13.9 Å². The van der Waals surface area contributed by atoms with Gasteiger partial charge in [0.15, 0.2) is 0 Å². The van der Waals surface area contributed by atoms with Gasteiger partial charge in [-0.3, -0.25) is 9.78 Å². The van der Waals surface area contributed by atoms with Crippen molar-refractivity contribution in [3.05, 3.63) is 54.8 Å². The summed E-state index contributed by atoms with van der Waals surface area (Å²) in [5, 5.41) is 0. The summed E-state index contributed by atoms with van der Waals surface area (Å²) in [5.41, 5.74) is 0. The van der Waals surface area contributed by atoms with Gasteiger partial charge in [0, 0.05) is 25.0 Å². The van der Waals surface area contributed by atoms with Crippen LogP contribution in [0.15, 0.2) is 53.4 Å². The molecule has 5 heteroatoms. The van der Waals surface area contributed by atoms with Gasteiger partial charge in [-0.2, -0.15) is 0 Å². The molecule has 2 aromatic heterocycles. The zero-order valence-electron chi connectivity index (χ0n) is 12.2. The highest BCUT2D eigenvalue weighted by molar-refractivity contribution is 5.91. The van der Waals surface area contributed by atoms with Crippen molar-refractivity contribution in [3.63, 3.8) is 0 Å². The fourth-order valence-corrected chi connectivity index (χ4v) is 2.49. The summed E-state index contributed by atoms with van der Waals surface area (Å²) in [6.07, 6.45) is 10.1. The van der Waals surface area contributed by atoms with E-state index in [2.05, 4.69) is 4.98 Å². The Morgan fingerprint density at radius 1 is 1.36 bits per heavy atom. The Morgan fingerprint density at radius 2 is 2.23 bits per heavy atom. The molecule has 0 radical (unpaired) electrons. The second kappa shape index (κ2) is 6.93. The van der Waals surface area contributed by atoms with Crippen LogP contribution in [-0.2, 0) is 4.79 Å². The van der Waals surface area contributed by atoms with Crippen molar-refractivity contribution in [2.24, 2.45) is 0 Å². The highest BCUT2D eigenvalue weighted by Gasteiger charge is 2.23. The Bertz CT molecular complexity index is 623. The molecule has 22 heavy (non-hydrogen) atoms. The minimum Gasteiger partial charge on any atom is -0.488 e. The third-order valence-corrected chi connectivity index (χ3v) is 3.58. The number of carbonyl (C=O) groups excluding carboxylic acids is 1. The van der Waals surface area contributed by atoms with Crippen molar-refractivity contribution in [1.82, 2.24) is 9.88 Å². The van der Waals surface area contributed by atoms with E-state index in [-0.39, 0.29) is 12.0 Å². The quantitative estimate of drug-likeness (QED) is 0.814. The number of piperidine rings is 1. The van der Waals surface area contributed by atoms with Crippen LogP contribution in [0.2, 0.25) is 0 Å². The lowest BCUT2D eigenvalue weighted by Gasteiger charge is -2.32. The second-order valence-electron chi connectivity index (χ2n) is 5.20. The van der Waals surface area contributed by atoms with Crippen LogP contribution in [0.5, 0.6) is 5.75 Å². The highest BCUT2D eigenvalue weighted by Crippen LogP contribution is 2.18. The van der Waals surface area contributed by atoms with E-state index in [0.29, 0.717) is 12.3 Å². The van der Waals surface area contributed by atoms with Gasteiger partial charge >= 0.3 is 0 Å². The lowest BCUT2D eigenvalue weighted by Crippen LogP contribution is -2.43. The molecule has 0 aliphatic carbocycles. The van der Waals surface area contributed by atoms with Gasteiger partial charge in [-0.1, -0.05) is 0 Å². The number of ether oxygens (including phenoxy) is 1. The van der Waals surface area contributed by atoms with Gasteiger partial charge in [0.25, 0.3) is 0 Å². The summed E-state index contributed by atoms with van der Waals surface area (Å²) in [7, 11) is 0. The maximum Gasteiger partial charge on any atom is 0.246 e. The Hall–Kier alpha value is -2.56. The molecule has 114 valence electrons. The number of rotatable bonds is 4. The first-order valence-electron chi connectivity index (χ1n) is 7.38. The zero-order chi connectivity index (χ0) is 15.2. The lowest BCUT2D eigenvalue weighted by atomic mass is 10.1. The minimum absolute atomic E-state index is 0.0144. The largest absolute Gasteiger partial charge is 0.488 e. The fourth-order valence-electron chi connectivity index (χ4n) is 2.49. The minimum atomic E-state index is -0.0144. The Kier molecular flexibility index (Phi) is 4.53. The van der Waals surface area contributed by atoms with Crippen molar-refractivity contribution in [2.45, 2.75) is 18.9 Å². The van der Waals surface area contributed by atoms with Crippen LogP contribution >= 0.6 is 0 Å². The van der Waals surface area contributed by atoms with E-state index >= 15 is 0 Å². The molecule has 5 nitrogen and oxygen atoms in total. The van der Waals surface area contributed by atoms with Crippen LogP contribution in [-0.4, -0.2) is 35.0 Å². The van der Waals surface area contributed by atoms with Crippen LogP contribution in [0, 0.1) is 0 Å². The van der Waals surface area contributed by atoms with Gasteiger partial charge in [0.2, 0.25) is 5.91 Å². The summed E-state index contributed by atoms with van der Waals surface area (Å²) >= 11 is 0. The molecule has 2 aromatic rings. The molecule has 1 amide bonds. The molecule has 0 saturated carbocycles. The predicted molar refractivity (Wildman–Crippen MR) is 82.2 cm³/mol. The van der Waals surface area contributed by atoms with Gasteiger partial charge in [0.05, 0.1) is 12.8 Å². The van der Waals surface area contributed by atoms with Gasteiger partial charge in [0.1, 0.15) is 17.6 Å². The van der Waals surface area contributed by atoms with Crippen LogP contribution in [0.3, 0.4) is 0 Å². The first-order valence-corrected chi connectivity index (χ1v) is 7.38. The van der Waals surface area contributed by atoms with Crippen LogP contribution in [0.25, 0.3) is 6.08 Å². The molecular formula is C17H18N2O3. The summed E-state index contributed by atoms with van der Waals surface area (Å²) in [4.78, 5) is 18.0. The number of hydrogen-bond donors (Lipinski definition) is 0. The molecule has 1 fully saturated rings. The molecule has 0 unspecified atom stereocenters. The number of aromatic nitrogens is 1. The molecule has 0 aromatic carbocycles. The normalized spacial score (nSPS) is 18.5. The molecule has 1 saturated heterocycles. The van der Waals surface area contributed by atoms with Crippen molar-refractivity contribution >= 4 is 12.0 Å². The van der Waals surface area contributed by atoms with Crippen molar-refractivity contribution in [2.75, 3.05) is 13.1 Å². The number of nitrogens with zero attached hydrogens (tertiary/aromatic N) is 2. The Morgan fingerprint density at radius 3 is 3.00 bits per heavy atom. The molecule has 0 bridgehead atoms. The van der Waals surface area contributed by atoms with E-state index in [1.807, 2.05) is 23.1 Å². The van der Waals surface area contributed by atoms with Crippen molar-refractivity contribution in [1.29, 1.82) is 0 Å². The maximum absolute atomic E-state index is 12.2. The smallest absolute Gasteiger partial charge is 0.246 e. The molecule has 1 atom stereocenters. The molecule has 3 rings (SSSR count). The van der Waals surface area contributed by atoms with Crippen LogP contribution < -0.4 is 4.74 Å². The summed E-state index contributed by atoms with van der Waals surface area (Å²) in [6, 6.07) is 7.27. The number of pyridine rings is 1. The van der Waals surface area contributed by atoms with Gasteiger partial charge < -0.3 is 14.1 Å². The second-order valence-corrected chi connectivity index (χ2v) is 5.20. The average Bonchev–Trinajstić information content (AvgIpc) is 3.07. The first kappa shape index (κ1) is 14.4. The number of furan rings is 1. The Labute approximate surface area is 129 Å². The van der Waals surface area contributed by atoms with Crippen molar-refractivity contribution in [3.8, 4) is 5.75 Å². The molecule has 1 aliphatic rings. The number of carbonyl (C=O) groups is 1. The Balaban J connectivity index is 1.57. The monoisotopic (exact) mass is 298 g/mol. The average molecular weight is 298 g/mol. The first-order chi connectivity index (χ1) is 10.8. The van der Waals surface area contributed by atoms with E-state index < -0.39 is 0 Å². The topological polar surface area (TPSA) is 55.6 Å². The SMILES string of the molecule is O=C(/C=C/c1ccco1)N1CCC[C@@H](Oc2ccncc2)C1. The van der Waals surface area contributed by atoms with Gasteiger partial charge in [-0.25, -0.2) is 0 Å². The fraction of sp³-hybridized carbons (Fsp3) is 0.294. The van der Waals surface area contributed by atoms with E-state index in [4.69, 9.17) is 9.15 Å². The van der Waals surface area contributed by atoms with E-state index in [1.165, 1.54) is 0 Å². The number of likely N-dealkylation sites (tertiary alicyclic amines) is 1. The predicted octanol–water partition coefficient (Wildman–Crippen LogP) is 2.76. The molecule has 0 spiro atoms. The van der Waals surface area contributed by atoms with Gasteiger partial charge in [-0.15, -0.1) is 0 Å². The summed E-state index contributed by atoms with van der Waals surface area (Å²) in [6.45, 7) is 1.36. The van der Waals surface area contributed by atoms with Crippen LogP contribution in [0.1, 0.15) is 18.6 Å². The number of hydrogen-bond acceptors (Lipinski definition) is 4. The van der Waals surface area contributed by atoms with Gasteiger partial charge in [-0.05, 0) is 43.2 Å². The van der Waals surface area contributed by atoms with E-state index in [9.17, 15) is 4.79 Å². The summed E-state index contributed by atoms with van der Waals surface area (Å²) in [5.74, 6) is 1.45. The molecule has 0 N–H and O–H groups in total. The number of amides is 1.